The minimum absolute atomic E-state index is 0.109. The first-order valence-corrected chi connectivity index (χ1v) is 6.39. The second-order valence-corrected chi connectivity index (χ2v) is 4.79. The van der Waals surface area contributed by atoms with Crippen molar-refractivity contribution in [1.29, 1.82) is 0 Å². The van der Waals surface area contributed by atoms with Crippen molar-refractivity contribution in [2.45, 2.75) is 53.5 Å². The molecule has 0 saturated heterocycles. The summed E-state index contributed by atoms with van der Waals surface area (Å²) in [6.07, 6.45) is 2.18. The number of nitrogens with two attached hydrogens (primary N) is 1. The van der Waals surface area contributed by atoms with Crippen LogP contribution in [0.3, 0.4) is 0 Å². The number of Topliss-reactive ketones (excluding diaryl/α,β-unsaturated/α-hetero) is 1. The van der Waals surface area contributed by atoms with Gasteiger partial charge in [0.05, 0.1) is 0 Å². The molecule has 0 atom stereocenters. The van der Waals surface area contributed by atoms with Crippen molar-refractivity contribution in [3.63, 3.8) is 0 Å². The molecular formula is C13H23N3O. The number of aryl methyl sites for hydroxylation is 1. The highest BCUT2D eigenvalue weighted by Gasteiger charge is 2.20. The molecule has 4 heteroatoms. The number of anilines is 1. The molecule has 0 amide bonds. The summed E-state index contributed by atoms with van der Waals surface area (Å²) in [5.41, 5.74) is 6.48. The predicted octanol–water partition coefficient (Wildman–Crippen LogP) is 2.67. The summed E-state index contributed by atoms with van der Waals surface area (Å²) < 4.78 is 2.00. The van der Waals surface area contributed by atoms with Crippen LogP contribution < -0.4 is 5.73 Å². The SMILES string of the molecule is CCCC(=O)c1c(N)nc(CC)n1CC(C)C. The van der Waals surface area contributed by atoms with E-state index in [0.29, 0.717) is 23.9 Å². The molecule has 0 aliphatic carbocycles. The average Bonchev–Trinajstić information content (AvgIpc) is 2.54. The molecule has 0 saturated carbocycles. The Balaban J connectivity index is 3.16. The van der Waals surface area contributed by atoms with E-state index in [1.807, 2.05) is 18.4 Å². The number of hydrogen-bond acceptors (Lipinski definition) is 3. The average molecular weight is 237 g/mol. The van der Waals surface area contributed by atoms with Crippen LogP contribution in [0.5, 0.6) is 0 Å². The third kappa shape index (κ3) is 3.08. The molecule has 0 spiro atoms. The zero-order valence-electron chi connectivity index (χ0n) is 11.3. The number of nitrogen functional groups attached to an aromatic ring is 1. The lowest BCUT2D eigenvalue weighted by Crippen LogP contribution is -2.15. The maximum atomic E-state index is 12.1. The smallest absolute Gasteiger partial charge is 0.183 e. The zero-order chi connectivity index (χ0) is 13.0. The number of aromatic nitrogens is 2. The molecule has 2 N–H and O–H groups in total. The fourth-order valence-corrected chi connectivity index (χ4v) is 1.99. The summed E-state index contributed by atoms with van der Waals surface area (Å²) in [6, 6.07) is 0. The first kappa shape index (κ1) is 13.7. The monoisotopic (exact) mass is 237 g/mol. The zero-order valence-corrected chi connectivity index (χ0v) is 11.3. The second-order valence-electron chi connectivity index (χ2n) is 4.79. The van der Waals surface area contributed by atoms with Gasteiger partial charge in [-0.1, -0.05) is 27.7 Å². The maximum Gasteiger partial charge on any atom is 0.183 e. The van der Waals surface area contributed by atoms with Gasteiger partial charge in [-0.25, -0.2) is 4.98 Å². The van der Waals surface area contributed by atoms with Gasteiger partial charge in [0, 0.05) is 19.4 Å². The quantitative estimate of drug-likeness (QED) is 0.774. The van der Waals surface area contributed by atoms with Gasteiger partial charge in [0.2, 0.25) is 0 Å². The molecular weight excluding hydrogens is 214 g/mol. The van der Waals surface area contributed by atoms with Crippen LogP contribution in [-0.4, -0.2) is 15.3 Å². The molecule has 4 nitrogen and oxygen atoms in total. The number of hydrogen-bond donors (Lipinski definition) is 1. The molecule has 0 unspecified atom stereocenters. The predicted molar refractivity (Wildman–Crippen MR) is 70.1 cm³/mol. The topological polar surface area (TPSA) is 60.9 Å². The Bertz CT molecular complexity index is 394. The van der Waals surface area contributed by atoms with E-state index in [0.717, 1.165) is 25.2 Å². The highest BCUT2D eigenvalue weighted by molar-refractivity contribution is 5.98. The van der Waals surface area contributed by atoms with E-state index in [4.69, 9.17) is 5.73 Å². The number of carbonyl (C=O) groups is 1. The normalized spacial score (nSPS) is 11.1. The van der Waals surface area contributed by atoms with Crippen LogP contribution in [0.1, 0.15) is 56.8 Å². The fourth-order valence-electron chi connectivity index (χ4n) is 1.99. The fraction of sp³-hybridized carbons (Fsp3) is 0.692. The van der Waals surface area contributed by atoms with E-state index < -0.39 is 0 Å². The van der Waals surface area contributed by atoms with Gasteiger partial charge in [-0.05, 0) is 12.3 Å². The summed E-state index contributed by atoms with van der Waals surface area (Å²) >= 11 is 0. The third-order valence-electron chi connectivity index (χ3n) is 2.68. The standard InChI is InChI=1S/C13H23N3O/c1-5-7-10(17)12-13(14)15-11(6-2)16(12)8-9(3)4/h9H,5-8,14H2,1-4H3. The third-order valence-corrected chi connectivity index (χ3v) is 2.68. The van der Waals surface area contributed by atoms with Gasteiger partial charge in [0.1, 0.15) is 11.5 Å². The van der Waals surface area contributed by atoms with Crippen molar-refractivity contribution in [2.75, 3.05) is 5.73 Å². The van der Waals surface area contributed by atoms with Crippen molar-refractivity contribution < 1.29 is 4.79 Å². The molecule has 96 valence electrons. The molecule has 1 aromatic heterocycles. The van der Waals surface area contributed by atoms with Gasteiger partial charge in [-0.2, -0.15) is 0 Å². The number of rotatable bonds is 6. The van der Waals surface area contributed by atoms with E-state index >= 15 is 0 Å². The molecule has 0 bridgehead atoms. The summed E-state index contributed by atoms with van der Waals surface area (Å²) in [6.45, 7) is 9.09. The molecule has 1 aromatic rings. The Labute approximate surface area is 103 Å². The van der Waals surface area contributed by atoms with Crippen molar-refractivity contribution >= 4 is 11.6 Å². The molecule has 1 rings (SSSR count). The highest BCUT2D eigenvalue weighted by Crippen LogP contribution is 2.19. The van der Waals surface area contributed by atoms with Gasteiger partial charge < -0.3 is 10.3 Å². The minimum atomic E-state index is 0.109. The molecule has 17 heavy (non-hydrogen) atoms. The van der Waals surface area contributed by atoms with Crippen LogP contribution in [0.4, 0.5) is 5.82 Å². The highest BCUT2D eigenvalue weighted by atomic mass is 16.1. The minimum Gasteiger partial charge on any atom is -0.382 e. The first-order valence-electron chi connectivity index (χ1n) is 6.39. The number of ketones is 1. The van der Waals surface area contributed by atoms with Gasteiger partial charge in [-0.3, -0.25) is 4.79 Å². The van der Waals surface area contributed by atoms with E-state index in [2.05, 4.69) is 18.8 Å². The van der Waals surface area contributed by atoms with Crippen LogP contribution in [0.25, 0.3) is 0 Å². The lowest BCUT2D eigenvalue weighted by molar-refractivity contribution is 0.0972. The van der Waals surface area contributed by atoms with Crippen molar-refractivity contribution in [3.05, 3.63) is 11.5 Å². The van der Waals surface area contributed by atoms with E-state index in [-0.39, 0.29) is 5.78 Å². The molecule has 0 aromatic carbocycles. The van der Waals surface area contributed by atoms with E-state index in [1.165, 1.54) is 0 Å². The summed E-state index contributed by atoms with van der Waals surface area (Å²) in [7, 11) is 0. The Hall–Kier alpha value is -1.32. The Morgan fingerprint density at radius 2 is 2.06 bits per heavy atom. The Morgan fingerprint density at radius 1 is 1.41 bits per heavy atom. The lowest BCUT2D eigenvalue weighted by atomic mass is 10.1. The molecule has 0 aliphatic rings. The lowest BCUT2D eigenvalue weighted by Gasteiger charge is -2.12. The Morgan fingerprint density at radius 3 is 2.53 bits per heavy atom. The van der Waals surface area contributed by atoms with Gasteiger partial charge in [0.25, 0.3) is 0 Å². The second kappa shape index (κ2) is 5.84. The largest absolute Gasteiger partial charge is 0.382 e. The maximum absolute atomic E-state index is 12.1. The number of imidazole rings is 1. The van der Waals surface area contributed by atoms with Crippen molar-refractivity contribution in [1.82, 2.24) is 9.55 Å². The van der Waals surface area contributed by atoms with Gasteiger partial charge >= 0.3 is 0 Å². The van der Waals surface area contributed by atoms with Crippen LogP contribution in [-0.2, 0) is 13.0 Å². The number of nitrogens with zero attached hydrogens (tertiary/aromatic N) is 2. The molecule has 1 heterocycles. The van der Waals surface area contributed by atoms with Crippen LogP contribution >= 0.6 is 0 Å². The van der Waals surface area contributed by atoms with Gasteiger partial charge in [0.15, 0.2) is 11.6 Å². The Kier molecular flexibility index (Phi) is 4.73. The first-order chi connectivity index (χ1) is 8.01. The van der Waals surface area contributed by atoms with Crippen LogP contribution in [0.15, 0.2) is 0 Å². The van der Waals surface area contributed by atoms with E-state index in [9.17, 15) is 4.79 Å². The van der Waals surface area contributed by atoms with Crippen LogP contribution in [0, 0.1) is 5.92 Å². The van der Waals surface area contributed by atoms with Crippen molar-refractivity contribution in [3.8, 4) is 0 Å². The summed E-state index contributed by atoms with van der Waals surface area (Å²) in [4.78, 5) is 16.4. The molecule has 0 fully saturated rings. The molecule has 0 radical (unpaired) electrons. The van der Waals surface area contributed by atoms with E-state index in [1.54, 1.807) is 0 Å². The molecule has 0 aliphatic heterocycles. The summed E-state index contributed by atoms with van der Waals surface area (Å²) in [5, 5.41) is 0. The van der Waals surface area contributed by atoms with Crippen LogP contribution in [0.2, 0.25) is 0 Å². The van der Waals surface area contributed by atoms with Crippen molar-refractivity contribution in [2.24, 2.45) is 5.92 Å². The number of carbonyl (C=O) groups excluding carboxylic acids is 1. The summed E-state index contributed by atoms with van der Waals surface area (Å²) in [5.74, 6) is 1.89. The van der Waals surface area contributed by atoms with Gasteiger partial charge in [-0.15, -0.1) is 0 Å².